The third-order valence-electron chi connectivity index (χ3n) is 6.18. The van der Waals surface area contributed by atoms with Gasteiger partial charge in [-0.05, 0) is 79.5 Å². The van der Waals surface area contributed by atoms with E-state index in [-0.39, 0.29) is 0 Å². The molecule has 0 bridgehead atoms. The molecule has 0 aliphatic heterocycles. The molecule has 0 saturated carbocycles. The Morgan fingerprint density at radius 3 is 2.97 bits per heavy atom. The van der Waals surface area contributed by atoms with Crippen molar-refractivity contribution in [2.24, 2.45) is 5.73 Å². The van der Waals surface area contributed by atoms with Crippen molar-refractivity contribution in [3.05, 3.63) is 53.0 Å². The van der Waals surface area contributed by atoms with Gasteiger partial charge < -0.3 is 21.0 Å². The first-order valence-corrected chi connectivity index (χ1v) is 10.6. The third kappa shape index (κ3) is 3.38. The number of hydrogen-bond donors (Lipinski definition) is 4. The largest absolute Gasteiger partial charge is 0.366 e. The highest BCUT2D eigenvalue weighted by molar-refractivity contribution is 5.83. The van der Waals surface area contributed by atoms with E-state index in [0.717, 1.165) is 41.9 Å². The minimum Gasteiger partial charge on any atom is -0.366 e. The number of anilines is 1. The summed E-state index contributed by atoms with van der Waals surface area (Å²) in [5.41, 5.74) is 13.0. The molecule has 0 aromatic carbocycles. The van der Waals surface area contributed by atoms with Crippen LogP contribution in [0.4, 0.5) is 5.82 Å². The van der Waals surface area contributed by atoms with Gasteiger partial charge in [0.2, 0.25) is 0 Å². The predicted molar refractivity (Wildman–Crippen MR) is 118 cm³/mol. The van der Waals surface area contributed by atoms with Crippen LogP contribution in [0.25, 0.3) is 22.1 Å². The summed E-state index contributed by atoms with van der Waals surface area (Å²) in [6.07, 6.45) is 9.82. The van der Waals surface area contributed by atoms with Gasteiger partial charge in [-0.2, -0.15) is 0 Å². The zero-order valence-corrected chi connectivity index (χ0v) is 16.9. The Labute approximate surface area is 170 Å². The monoisotopic (exact) mass is 388 g/mol. The molecule has 1 unspecified atom stereocenters. The van der Waals surface area contributed by atoms with E-state index in [2.05, 4.69) is 51.6 Å². The number of aryl methyl sites for hydroxylation is 2. The number of aromatic amines is 2. The topological polar surface area (TPSA) is 95.4 Å². The van der Waals surface area contributed by atoms with Gasteiger partial charge in [-0.1, -0.05) is 6.92 Å². The van der Waals surface area contributed by atoms with E-state index in [1.165, 1.54) is 40.4 Å². The molecule has 4 aromatic heterocycles. The minimum atomic E-state index is 0.418. The molecule has 0 saturated heterocycles. The molecule has 4 heterocycles. The van der Waals surface area contributed by atoms with Crippen LogP contribution in [0.1, 0.15) is 54.5 Å². The Balaban J connectivity index is 1.36. The van der Waals surface area contributed by atoms with Gasteiger partial charge in [0.25, 0.3) is 0 Å². The quantitative estimate of drug-likeness (QED) is 0.394. The third-order valence-corrected chi connectivity index (χ3v) is 6.18. The van der Waals surface area contributed by atoms with Crippen LogP contribution in [0.2, 0.25) is 0 Å². The number of nitrogens with two attached hydrogens (primary N) is 1. The van der Waals surface area contributed by atoms with Gasteiger partial charge in [0.15, 0.2) is 0 Å². The molecule has 0 spiro atoms. The number of fused-ring (bicyclic) bond motifs is 4. The van der Waals surface area contributed by atoms with Gasteiger partial charge in [0.1, 0.15) is 17.1 Å². The second kappa shape index (κ2) is 7.52. The first-order valence-electron chi connectivity index (χ1n) is 10.6. The van der Waals surface area contributed by atoms with Gasteiger partial charge in [-0.3, -0.25) is 0 Å². The zero-order valence-electron chi connectivity index (χ0n) is 16.9. The van der Waals surface area contributed by atoms with Crippen molar-refractivity contribution < 1.29 is 0 Å². The lowest BCUT2D eigenvalue weighted by Crippen LogP contribution is -2.04. The Morgan fingerprint density at radius 1 is 1.17 bits per heavy atom. The lowest BCUT2D eigenvalue weighted by atomic mass is 9.96. The molecule has 1 aliphatic rings. The minimum absolute atomic E-state index is 0.418. The molecule has 6 nitrogen and oxygen atoms in total. The summed E-state index contributed by atoms with van der Waals surface area (Å²) in [5.74, 6) is 1.31. The maximum atomic E-state index is 5.75. The van der Waals surface area contributed by atoms with E-state index >= 15 is 0 Å². The molecular formula is C23H28N6. The Bertz CT molecular complexity index is 1160. The molecule has 0 fully saturated rings. The summed E-state index contributed by atoms with van der Waals surface area (Å²) < 4.78 is 0. The van der Waals surface area contributed by atoms with E-state index in [9.17, 15) is 0 Å². The van der Waals surface area contributed by atoms with Crippen molar-refractivity contribution in [2.75, 3.05) is 11.9 Å². The van der Waals surface area contributed by atoms with Crippen LogP contribution in [0.5, 0.6) is 0 Å². The summed E-state index contributed by atoms with van der Waals surface area (Å²) in [6, 6.07) is 6.51. The van der Waals surface area contributed by atoms with Crippen LogP contribution in [0.3, 0.4) is 0 Å². The molecule has 1 aliphatic carbocycles. The van der Waals surface area contributed by atoms with Crippen LogP contribution in [0.15, 0.2) is 30.6 Å². The summed E-state index contributed by atoms with van der Waals surface area (Å²) in [6.45, 7) is 3.60. The fourth-order valence-corrected chi connectivity index (χ4v) is 4.55. The molecule has 5 rings (SSSR count). The molecule has 0 radical (unpaired) electrons. The van der Waals surface area contributed by atoms with E-state index in [1.807, 2.05) is 6.20 Å². The van der Waals surface area contributed by atoms with Crippen LogP contribution in [-0.4, -0.2) is 26.5 Å². The number of H-pyrrole nitrogens is 2. The Hall–Kier alpha value is -2.86. The smallest absolute Gasteiger partial charge is 0.140 e. The predicted octanol–water partition coefficient (Wildman–Crippen LogP) is 4.38. The van der Waals surface area contributed by atoms with Gasteiger partial charge in [-0.15, -0.1) is 0 Å². The molecule has 1 atom stereocenters. The summed E-state index contributed by atoms with van der Waals surface area (Å²) >= 11 is 0. The molecule has 5 N–H and O–H groups in total. The van der Waals surface area contributed by atoms with Crippen molar-refractivity contribution in [2.45, 2.75) is 51.5 Å². The summed E-state index contributed by atoms with van der Waals surface area (Å²) in [5, 5.41) is 5.93. The van der Waals surface area contributed by atoms with E-state index in [1.54, 1.807) is 0 Å². The van der Waals surface area contributed by atoms with Crippen LogP contribution in [-0.2, 0) is 19.4 Å². The summed E-state index contributed by atoms with van der Waals surface area (Å²) in [7, 11) is 0. The normalized spacial score (nSPS) is 15.0. The molecule has 0 amide bonds. The number of pyridine rings is 2. The van der Waals surface area contributed by atoms with Crippen molar-refractivity contribution >= 4 is 27.9 Å². The van der Waals surface area contributed by atoms with Crippen LogP contribution < -0.4 is 11.1 Å². The lowest BCUT2D eigenvalue weighted by molar-refractivity contribution is 0.680. The first kappa shape index (κ1) is 18.2. The number of aromatic nitrogens is 4. The second-order valence-corrected chi connectivity index (χ2v) is 8.20. The number of nitrogens with one attached hydrogen (secondary N) is 3. The zero-order chi connectivity index (χ0) is 19.8. The highest BCUT2D eigenvalue weighted by atomic mass is 15.0. The van der Waals surface area contributed by atoms with Gasteiger partial charge >= 0.3 is 0 Å². The van der Waals surface area contributed by atoms with Crippen molar-refractivity contribution in [1.82, 2.24) is 19.9 Å². The van der Waals surface area contributed by atoms with Crippen molar-refractivity contribution in [3.8, 4) is 0 Å². The molecule has 6 heteroatoms. The van der Waals surface area contributed by atoms with Gasteiger partial charge in [-0.25, -0.2) is 9.97 Å². The standard InChI is InChI=1S/C23H28N6/c1-14(8-9-24)19-13-27-22-18(19)10-15(12-26-22)11-25-21-7-6-17-16-4-2-3-5-20(16)28-23(17)29-21/h6-7,10,12-14H,2-5,8-9,11,24H2,1H3,(H,26,27)(H2,25,28,29). The number of rotatable bonds is 6. The van der Waals surface area contributed by atoms with Crippen LogP contribution >= 0.6 is 0 Å². The molecular weight excluding hydrogens is 360 g/mol. The maximum absolute atomic E-state index is 5.75. The van der Waals surface area contributed by atoms with E-state index in [4.69, 9.17) is 10.7 Å². The van der Waals surface area contributed by atoms with Gasteiger partial charge in [0, 0.05) is 35.4 Å². The average molecular weight is 389 g/mol. The highest BCUT2D eigenvalue weighted by Gasteiger charge is 2.16. The Morgan fingerprint density at radius 2 is 2.07 bits per heavy atom. The second-order valence-electron chi connectivity index (χ2n) is 8.20. The number of nitrogens with zero attached hydrogens (tertiary/aromatic N) is 2. The molecule has 150 valence electrons. The average Bonchev–Trinajstić information content (AvgIpc) is 3.33. The Kier molecular flexibility index (Phi) is 4.72. The fraction of sp³-hybridized carbons (Fsp3) is 0.391. The first-order chi connectivity index (χ1) is 14.2. The lowest BCUT2D eigenvalue weighted by Gasteiger charge is -2.10. The molecule has 4 aromatic rings. The van der Waals surface area contributed by atoms with Gasteiger partial charge in [0.05, 0.1) is 0 Å². The SMILES string of the molecule is CC(CCN)c1c[nH]c2ncc(CNc3ccc4c5c([nH]c4n3)CCCC5)cc12. The van der Waals surface area contributed by atoms with E-state index in [0.29, 0.717) is 19.0 Å². The van der Waals surface area contributed by atoms with Crippen LogP contribution in [0, 0.1) is 0 Å². The number of hydrogen-bond acceptors (Lipinski definition) is 4. The molecule has 29 heavy (non-hydrogen) atoms. The van der Waals surface area contributed by atoms with E-state index < -0.39 is 0 Å². The van der Waals surface area contributed by atoms with Crippen molar-refractivity contribution in [3.63, 3.8) is 0 Å². The highest BCUT2D eigenvalue weighted by Crippen LogP contribution is 2.29. The van der Waals surface area contributed by atoms with Crippen molar-refractivity contribution in [1.29, 1.82) is 0 Å². The summed E-state index contributed by atoms with van der Waals surface area (Å²) in [4.78, 5) is 16.2. The maximum Gasteiger partial charge on any atom is 0.140 e. The fourth-order valence-electron chi connectivity index (χ4n) is 4.55.